The van der Waals surface area contributed by atoms with E-state index in [1.54, 1.807) is 6.20 Å². The van der Waals surface area contributed by atoms with E-state index >= 15 is 0 Å². The molecular formula is C14H19NO2. The second kappa shape index (κ2) is 5.41. The van der Waals surface area contributed by atoms with Gasteiger partial charge in [-0.2, -0.15) is 0 Å². The zero-order valence-electron chi connectivity index (χ0n) is 10.3. The van der Waals surface area contributed by atoms with Crippen molar-refractivity contribution in [1.29, 1.82) is 0 Å². The number of ketones is 1. The Bertz CT molecular complexity index is 369. The quantitative estimate of drug-likeness (QED) is 0.784. The lowest BCUT2D eigenvalue weighted by atomic mass is 9.93. The second-order valence-electron chi connectivity index (χ2n) is 4.56. The van der Waals surface area contributed by atoms with E-state index < -0.39 is 5.60 Å². The van der Waals surface area contributed by atoms with E-state index in [4.69, 9.17) is 4.74 Å². The SMILES string of the molecule is CCOC1(C(=O)Cc2ccccn2)CCCC1. The molecule has 2 rings (SSSR count). The predicted molar refractivity (Wildman–Crippen MR) is 65.8 cm³/mol. The monoisotopic (exact) mass is 233 g/mol. The molecule has 1 saturated carbocycles. The Labute approximate surface area is 102 Å². The highest BCUT2D eigenvalue weighted by Gasteiger charge is 2.41. The molecule has 0 saturated heterocycles. The number of hydrogen-bond acceptors (Lipinski definition) is 3. The third-order valence-electron chi connectivity index (χ3n) is 3.41. The molecule has 1 heterocycles. The molecule has 0 N–H and O–H groups in total. The van der Waals surface area contributed by atoms with Crippen molar-refractivity contribution in [3.63, 3.8) is 0 Å². The average molecular weight is 233 g/mol. The third-order valence-corrected chi connectivity index (χ3v) is 3.41. The van der Waals surface area contributed by atoms with E-state index in [0.29, 0.717) is 13.0 Å². The van der Waals surface area contributed by atoms with E-state index in [9.17, 15) is 4.79 Å². The van der Waals surface area contributed by atoms with Crippen LogP contribution < -0.4 is 0 Å². The van der Waals surface area contributed by atoms with Gasteiger partial charge in [-0.05, 0) is 44.7 Å². The van der Waals surface area contributed by atoms with Gasteiger partial charge >= 0.3 is 0 Å². The molecule has 1 aliphatic carbocycles. The van der Waals surface area contributed by atoms with Crippen molar-refractivity contribution >= 4 is 5.78 Å². The third kappa shape index (κ3) is 2.72. The molecule has 1 aromatic heterocycles. The molecule has 3 nitrogen and oxygen atoms in total. The van der Waals surface area contributed by atoms with Gasteiger partial charge in [0.1, 0.15) is 5.60 Å². The van der Waals surface area contributed by atoms with Gasteiger partial charge in [0, 0.05) is 18.5 Å². The maximum absolute atomic E-state index is 12.4. The van der Waals surface area contributed by atoms with Crippen LogP contribution in [-0.4, -0.2) is 23.0 Å². The number of carbonyl (C=O) groups excluding carboxylic acids is 1. The minimum atomic E-state index is -0.522. The number of aromatic nitrogens is 1. The highest BCUT2D eigenvalue weighted by molar-refractivity contribution is 5.89. The second-order valence-corrected chi connectivity index (χ2v) is 4.56. The fraction of sp³-hybridized carbons (Fsp3) is 0.571. The van der Waals surface area contributed by atoms with Crippen LogP contribution >= 0.6 is 0 Å². The number of hydrogen-bond donors (Lipinski definition) is 0. The van der Waals surface area contributed by atoms with Crippen LogP contribution in [0.15, 0.2) is 24.4 Å². The lowest BCUT2D eigenvalue weighted by Crippen LogP contribution is -2.40. The molecule has 1 fully saturated rings. The number of Topliss-reactive ketones (excluding diaryl/α,β-unsaturated/α-hetero) is 1. The summed E-state index contributed by atoms with van der Waals surface area (Å²) < 4.78 is 5.75. The maximum atomic E-state index is 12.4. The summed E-state index contributed by atoms with van der Waals surface area (Å²) in [5.41, 5.74) is 0.315. The summed E-state index contributed by atoms with van der Waals surface area (Å²) in [5, 5.41) is 0. The lowest BCUT2D eigenvalue weighted by molar-refractivity contribution is -0.142. The van der Waals surface area contributed by atoms with Crippen molar-refractivity contribution in [2.45, 2.75) is 44.6 Å². The fourth-order valence-electron chi connectivity index (χ4n) is 2.55. The molecule has 1 aliphatic rings. The van der Waals surface area contributed by atoms with E-state index in [2.05, 4.69) is 4.98 Å². The molecule has 0 atom stereocenters. The van der Waals surface area contributed by atoms with Crippen molar-refractivity contribution in [3.05, 3.63) is 30.1 Å². The Kier molecular flexibility index (Phi) is 3.89. The first-order valence-corrected chi connectivity index (χ1v) is 6.34. The Morgan fingerprint density at radius 2 is 2.18 bits per heavy atom. The standard InChI is InChI=1S/C14H19NO2/c1-2-17-14(8-4-5-9-14)13(16)11-12-7-3-6-10-15-12/h3,6-7,10H,2,4-5,8-9,11H2,1H3. The summed E-state index contributed by atoms with van der Waals surface area (Å²) in [6.07, 6.45) is 6.03. The van der Waals surface area contributed by atoms with Crippen molar-refractivity contribution in [1.82, 2.24) is 4.98 Å². The lowest BCUT2D eigenvalue weighted by Gasteiger charge is -2.27. The van der Waals surface area contributed by atoms with Gasteiger partial charge in [-0.15, -0.1) is 0 Å². The summed E-state index contributed by atoms with van der Waals surface area (Å²) in [6, 6.07) is 5.67. The highest BCUT2D eigenvalue weighted by atomic mass is 16.5. The first kappa shape index (κ1) is 12.2. The zero-order valence-corrected chi connectivity index (χ0v) is 10.3. The molecule has 0 aromatic carbocycles. The number of ether oxygens (including phenoxy) is 1. The first-order valence-electron chi connectivity index (χ1n) is 6.34. The molecule has 3 heteroatoms. The topological polar surface area (TPSA) is 39.2 Å². The minimum absolute atomic E-state index is 0.190. The summed E-state index contributed by atoms with van der Waals surface area (Å²) in [4.78, 5) is 16.6. The molecule has 0 bridgehead atoms. The number of rotatable bonds is 5. The van der Waals surface area contributed by atoms with Gasteiger partial charge in [0.25, 0.3) is 0 Å². The first-order chi connectivity index (χ1) is 8.27. The van der Waals surface area contributed by atoms with Crippen LogP contribution in [-0.2, 0) is 16.0 Å². The Balaban J connectivity index is 2.07. The van der Waals surface area contributed by atoms with Crippen LogP contribution in [0.1, 0.15) is 38.3 Å². The Morgan fingerprint density at radius 1 is 1.41 bits per heavy atom. The summed E-state index contributed by atoms with van der Waals surface area (Å²) >= 11 is 0. The minimum Gasteiger partial charge on any atom is -0.367 e. The van der Waals surface area contributed by atoms with Crippen LogP contribution in [0.2, 0.25) is 0 Å². The van der Waals surface area contributed by atoms with E-state index in [1.807, 2.05) is 25.1 Å². The van der Waals surface area contributed by atoms with Gasteiger partial charge in [0.2, 0.25) is 0 Å². The summed E-state index contributed by atoms with van der Waals surface area (Å²) in [6.45, 7) is 2.56. The van der Waals surface area contributed by atoms with E-state index in [0.717, 1.165) is 31.4 Å². The zero-order chi connectivity index (χ0) is 12.1. The van der Waals surface area contributed by atoms with Gasteiger partial charge in [-0.3, -0.25) is 9.78 Å². The van der Waals surface area contributed by atoms with Crippen molar-refractivity contribution in [2.75, 3.05) is 6.61 Å². The molecule has 0 unspecified atom stereocenters. The van der Waals surface area contributed by atoms with Crippen LogP contribution in [0.5, 0.6) is 0 Å². The molecule has 0 aliphatic heterocycles. The van der Waals surface area contributed by atoms with Gasteiger partial charge in [-0.1, -0.05) is 6.07 Å². The van der Waals surface area contributed by atoms with E-state index in [1.165, 1.54) is 0 Å². The largest absolute Gasteiger partial charge is 0.367 e. The van der Waals surface area contributed by atoms with E-state index in [-0.39, 0.29) is 5.78 Å². The molecule has 92 valence electrons. The van der Waals surface area contributed by atoms with Crippen LogP contribution in [0, 0.1) is 0 Å². The summed E-state index contributed by atoms with van der Waals surface area (Å²) in [5.74, 6) is 0.190. The predicted octanol–water partition coefficient (Wildman–Crippen LogP) is 2.54. The van der Waals surface area contributed by atoms with Gasteiger partial charge < -0.3 is 4.74 Å². The Morgan fingerprint density at radius 3 is 2.76 bits per heavy atom. The van der Waals surface area contributed by atoms with Gasteiger partial charge in [-0.25, -0.2) is 0 Å². The average Bonchev–Trinajstić information content (AvgIpc) is 2.81. The molecule has 0 radical (unpaired) electrons. The molecule has 17 heavy (non-hydrogen) atoms. The number of nitrogens with zero attached hydrogens (tertiary/aromatic N) is 1. The number of carbonyl (C=O) groups is 1. The van der Waals surface area contributed by atoms with Crippen LogP contribution in [0.3, 0.4) is 0 Å². The van der Waals surface area contributed by atoms with Gasteiger partial charge in [0.15, 0.2) is 5.78 Å². The molecular weight excluding hydrogens is 214 g/mol. The molecule has 0 spiro atoms. The molecule has 1 aromatic rings. The smallest absolute Gasteiger partial charge is 0.170 e. The van der Waals surface area contributed by atoms with Crippen molar-refractivity contribution < 1.29 is 9.53 Å². The van der Waals surface area contributed by atoms with Crippen LogP contribution in [0.25, 0.3) is 0 Å². The Hall–Kier alpha value is -1.22. The normalized spacial score (nSPS) is 18.2. The summed E-state index contributed by atoms with van der Waals surface area (Å²) in [7, 11) is 0. The maximum Gasteiger partial charge on any atom is 0.170 e. The molecule has 0 amide bonds. The van der Waals surface area contributed by atoms with Crippen LogP contribution in [0.4, 0.5) is 0 Å². The highest BCUT2D eigenvalue weighted by Crippen LogP contribution is 2.34. The number of pyridine rings is 1. The fourth-order valence-corrected chi connectivity index (χ4v) is 2.55. The van der Waals surface area contributed by atoms with Crippen molar-refractivity contribution in [3.8, 4) is 0 Å². The van der Waals surface area contributed by atoms with Gasteiger partial charge in [0.05, 0.1) is 6.42 Å². The van der Waals surface area contributed by atoms with Crippen molar-refractivity contribution in [2.24, 2.45) is 0 Å².